The molecule has 0 radical (unpaired) electrons. The van der Waals surface area contributed by atoms with Gasteiger partial charge in [-0.1, -0.05) is 69.0 Å². The maximum atomic E-state index is 4.98. The number of aliphatic imine (C=N–C) groups is 3. The Bertz CT molecular complexity index is 2540. The summed E-state index contributed by atoms with van der Waals surface area (Å²) in [4.78, 5) is 29.0. The van der Waals surface area contributed by atoms with E-state index in [1.54, 1.807) is 6.08 Å². The van der Waals surface area contributed by atoms with E-state index in [4.69, 9.17) is 24.9 Å². The highest BCUT2D eigenvalue weighted by Crippen LogP contribution is 2.58. The predicted molar refractivity (Wildman–Crippen MR) is 241 cm³/mol. The Hall–Kier alpha value is -6.66. The molecule has 280 valence electrons. The molecule has 2 aromatic carbocycles. The van der Waals surface area contributed by atoms with Gasteiger partial charge in [0.2, 0.25) is 0 Å². The van der Waals surface area contributed by atoms with Crippen molar-refractivity contribution in [1.82, 2.24) is 15.0 Å². The fourth-order valence-corrected chi connectivity index (χ4v) is 8.09. The van der Waals surface area contributed by atoms with Crippen LogP contribution in [-0.4, -0.2) is 34.1 Å². The van der Waals surface area contributed by atoms with Crippen LogP contribution in [0.1, 0.15) is 73.8 Å². The molecule has 2 atom stereocenters. The third kappa shape index (κ3) is 7.64. The molecule has 3 aromatic heterocycles. The number of aromatic nitrogens is 3. The first-order chi connectivity index (χ1) is 28.1. The van der Waals surface area contributed by atoms with Crippen LogP contribution in [-0.2, 0) is 0 Å². The van der Waals surface area contributed by atoms with E-state index in [2.05, 4.69) is 98.9 Å². The van der Waals surface area contributed by atoms with Crippen LogP contribution < -0.4 is 0 Å². The normalized spacial score (nSPS) is 17.8. The molecule has 3 aliphatic rings. The molecule has 2 aliphatic carbocycles. The third-order valence-electron chi connectivity index (χ3n) is 10.7. The topological polar surface area (TPSA) is 75.8 Å². The average Bonchev–Trinajstić information content (AvgIpc) is 4.09. The number of allylic oxidation sites excluding steroid dienone is 8. The van der Waals surface area contributed by atoms with Crippen LogP contribution in [0.4, 0.5) is 0 Å². The van der Waals surface area contributed by atoms with E-state index in [9.17, 15) is 0 Å². The summed E-state index contributed by atoms with van der Waals surface area (Å²) in [6.45, 7) is 12.2. The van der Waals surface area contributed by atoms with Gasteiger partial charge < -0.3 is 0 Å². The van der Waals surface area contributed by atoms with Gasteiger partial charge in [-0.2, -0.15) is 0 Å². The summed E-state index contributed by atoms with van der Waals surface area (Å²) in [5.74, 6) is 0.725. The van der Waals surface area contributed by atoms with Gasteiger partial charge in [0, 0.05) is 64.4 Å². The first-order valence-electron chi connectivity index (χ1n) is 19.9. The summed E-state index contributed by atoms with van der Waals surface area (Å²) < 4.78 is 0. The molecule has 0 bridgehead atoms. The SMILES string of the molecule is C=C/C=C(\N=C)c1cc(C2=CC=C(c3cc(C4=CCCC=N4)c(-c4ccccn4)c(-c4ccccn4)c3)C3CC23)cc(-c2ccccn2)c1/C(=C/CC)N=CCC. The van der Waals surface area contributed by atoms with Crippen molar-refractivity contribution < 1.29 is 0 Å². The Kier molecular flexibility index (Phi) is 11.1. The molecule has 5 aromatic rings. The summed E-state index contributed by atoms with van der Waals surface area (Å²) in [6, 6.07) is 27.5. The van der Waals surface area contributed by atoms with Gasteiger partial charge in [0.05, 0.1) is 34.2 Å². The van der Waals surface area contributed by atoms with E-state index >= 15 is 0 Å². The van der Waals surface area contributed by atoms with Crippen molar-refractivity contribution in [3.63, 3.8) is 0 Å². The summed E-state index contributed by atoms with van der Waals surface area (Å²) in [7, 11) is 0. The lowest BCUT2D eigenvalue weighted by Crippen LogP contribution is -2.04. The van der Waals surface area contributed by atoms with Crippen LogP contribution in [0.3, 0.4) is 0 Å². The smallest absolute Gasteiger partial charge is 0.0715 e. The van der Waals surface area contributed by atoms with Crippen molar-refractivity contribution in [2.24, 2.45) is 26.8 Å². The number of pyridine rings is 3. The van der Waals surface area contributed by atoms with Crippen molar-refractivity contribution in [3.05, 3.63) is 168 Å². The average molecular weight is 743 g/mol. The molecule has 6 heteroatoms. The molecule has 4 heterocycles. The predicted octanol–water partition coefficient (Wildman–Crippen LogP) is 12.7. The molecule has 1 saturated carbocycles. The summed E-state index contributed by atoms with van der Waals surface area (Å²) >= 11 is 0. The minimum absolute atomic E-state index is 0.358. The molecular weight excluding hydrogens is 697 g/mol. The minimum atomic E-state index is 0.358. The summed E-state index contributed by atoms with van der Waals surface area (Å²) in [5.41, 5.74) is 16.5. The number of benzene rings is 2. The van der Waals surface area contributed by atoms with Gasteiger partial charge >= 0.3 is 0 Å². The second-order valence-electron chi connectivity index (χ2n) is 14.4. The fourth-order valence-electron chi connectivity index (χ4n) is 8.09. The Morgan fingerprint density at radius 1 is 0.737 bits per heavy atom. The lowest BCUT2D eigenvalue weighted by Gasteiger charge is -2.22. The highest BCUT2D eigenvalue weighted by molar-refractivity contribution is 5.97. The van der Waals surface area contributed by atoms with Gasteiger partial charge in [0.25, 0.3) is 0 Å². The number of nitrogens with zero attached hydrogens (tertiary/aromatic N) is 6. The molecule has 1 aliphatic heterocycles. The van der Waals surface area contributed by atoms with Gasteiger partial charge in [-0.25, -0.2) is 0 Å². The molecule has 2 unspecified atom stereocenters. The number of hydrogen-bond donors (Lipinski definition) is 0. The standard InChI is InChI=1S/C51H46N6/c1-5-16-44(52-4)40-29-34(30-41(45-18-8-12-25-54-45)50(40)48(17-6-2)53-24-7-3)36-22-23-37(39-33-38(36)39)35-31-42(46-19-9-13-26-55-46)51(49-21-11-15-28-57-49)43(32-35)47-20-10-14-27-56-47/h5,8-9,11-13,15-32,38-39H,1,4,6-7,10,14,33H2,2-3H3/b44-16-,48-17-,53-24?. The largest absolute Gasteiger partial charge is 0.264 e. The van der Waals surface area contributed by atoms with E-state index in [-0.39, 0.29) is 0 Å². The van der Waals surface area contributed by atoms with Crippen molar-refractivity contribution in [2.75, 3.05) is 0 Å². The van der Waals surface area contributed by atoms with Crippen molar-refractivity contribution in [3.8, 4) is 33.8 Å². The maximum Gasteiger partial charge on any atom is 0.0715 e. The monoisotopic (exact) mass is 742 g/mol. The van der Waals surface area contributed by atoms with E-state index < -0.39 is 0 Å². The molecule has 0 saturated heterocycles. The van der Waals surface area contributed by atoms with Crippen LogP contribution in [0, 0.1) is 11.8 Å². The van der Waals surface area contributed by atoms with Crippen molar-refractivity contribution in [2.45, 2.75) is 46.0 Å². The highest BCUT2D eigenvalue weighted by Gasteiger charge is 2.45. The van der Waals surface area contributed by atoms with Gasteiger partial charge in [0.1, 0.15) is 0 Å². The minimum Gasteiger partial charge on any atom is -0.264 e. The molecule has 1 fully saturated rings. The van der Waals surface area contributed by atoms with E-state index in [0.29, 0.717) is 11.8 Å². The van der Waals surface area contributed by atoms with Gasteiger partial charge in [0.15, 0.2) is 0 Å². The Morgan fingerprint density at radius 2 is 1.37 bits per heavy atom. The molecule has 8 rings (SSSR count). The highest BCUT2D eigenvalue weighted by atomic mass is 14.8. The number of hydrogen-bond acceptors (Lipinski definition) is 6. The van der Waals surface area contributed by atoms with Crippen LogP contribution >= 0.6 is 0 Å². The molecule has 57 heavy (non-hydrogen) atoms. The first-order valence-corrected chi connectivity index (χ1v) is 19.9. The lowest BCUT2D eigenvalue weighted by molar-refractivity contribution is 1.02. The van der Waals surface area contributed by atoms with Crippen LogP contribution in [0.15, 0.2) is 155 Å². The Labute approximate surface area is 336 Å². The van der Waals surface area contributed by atoms with Gasteiger partial charge in [-0.15, -0.1) is 0 Å². The lowest BCUT2D eigenvalue weighted by atomic mass is 9.83. The van der Waals surface area contributed by atoms with Crippen LogP contribution in [0.5, 0.6) is 0 Å². The maximum absolute atomic E-state index is 4.98. The Balaban J connectivity index is 1.32. The molecule has 6 nitrogen and oxygen atoms in total. The number of rotatable bonds is 13. The van der Waals surface area contributed by atoms with E-state index in [1.165, 1.54) is 16.7 Å². The summed E-state index contributed by atoms with van der Waals surface area (Å²) in [5, 5.41) is 0. The quantitative estimate of drug-likeness (QED) is 0.0890. The number of fused-ring (bicyclic) bond motifs is 1. The first kappa shape index (κ1) is 37.3. The third-order valence-corrected chi connectivity index (χ3v) is 10.7. The molecule has 0 amide bonds. The zero-order valence-corrected chi connectivity index (χ0v) is 32.6. The second-order valence-corrected chi connectivity index (χ2v) is 14.4. The molecular formula is C51H46N6. The van der Waals surface area contributed by atoms with Crippen molar-refractivity contribution in [1.29, 1.82) is 0 Å². The Morgan fingerprint density at radius 3 is 1.95 bits per heavy atom. The zero-order valence-electron chi connectivity index (χ0n) is 32.6. The molecule has 0 spiro atoms. The summed E-state index contributed by atoms with van der Waals surface area (Å²) in [6.07, 6.45) is 27.0. The van der Waals surface area contributed by atoms with Crippen LogP contribution in [0.25, 0.3) is 62.0 Å². The zero-order chi connectivity index (χ0) is 39.1. The van der Waals surface area contributed by atoms with Gasteiger partial charge in [-0.3, -0.25) is 29.9 Å². The van der Waals surface area contributed by atoms with Crippen LogP contribution in [0.2, 0.25) is 0 Å². The van der Waals surface area contributed by atoms with Crippen molar-refractivity contribution >= 4 is 47.4 Å². The van der Waals surface area contributed by atoms with Gasteiger partial charge in [-0.05, 0) is 140 Å². The van der Waals surface area contributed by atoms with E-state index in [0.717, 1.165) is 105 Å². The fraction of sp³-hybridized carbons (Fsp3) is 0.176. The van der Waals surface area contributed by atoms with E-state index in [1.807, 2.05) is 73.5 Å². The molecule has 0 N–H and O–H groups in total. The second kappa shape index (κ2) is 17.0.